The number of morpholine rings is 1. The molecular weight excluding hydrogens is 344 g/mol. The second-order valence-corrected chi connectivity index (χ2v) is 7.81. The Kier molecular flexibility index (Phi) is 6.05. The molecule has 3 aliphatic rings. The average molecular weight is 376 g/mol. The van der Waals surface area contributed by atoms with Gasteiger partial charge in [0.05, 0.1) is 20.3 Å². The Morgan fingerprint density at radius 1 is 1.04 bits per heavy atom. The van der Waals surface area contributed by atoms with Crippen molar-refractivity contribution in [2.45, 2.75) is 44.2 Å². The normalized spacial score (nSPS) is 22.4. The van der Waals surface area contributed by atoms with Crippen LogP contribution in [0.5, 0.6) is 17.2 Å². The minimum Gasteiger partial charge on any atom is -0.493 e. The Balaban J connectivity index is 1.43. The first-order valence-corrected chi connectivity index (χ1v) is 10.3. The lowest BCUT2D eigenvalue weighted by atomic mass is 9.79. The topological polar surface area (TPSA) is 52.2 Å². The standard InChI is InChI=1S/C21H32N2O4/c1-24-18-13-17(14-19-20(18)27-12-11-26-19)15-22-16-21(5-3-2-4-6-21)23-7-9-25-10-8-23/h13-14,22H,2-12,15-16H2,1H3. The van der Waals surface area contributed by atoms with Gasteiger partial charge in [0.2, 0.25) is 5.75 Å². The molecule has 0 unspecified atom stereocenters. The van der Waals surface area contributed by atoms with E-state index >= 15 is 0 Å². The molecular formula is C21H32N2O4. The molecule has 6 nitrogen and oxygen atoms in total. The number of nitrogens with one attached hydrogen (secondary N) is 1. The van der Waals surface area contributed by atoms with Crippen molar-refractivity contribution in [3.8, 4) is 17.2 Å². The molecule has 0 amide bonds. The second kappa shape index (κ2) is 8.67. The van der Waals surface area contributed by atoms with Crippen LogP contribution < -0.4 is 19.5 Å². The SMILES string of the molecule is COc1cc(CNCC2(N3CCOCC3)CCCCC2)cc2c1OCCO2. The van der Waals surface area contributed by atoms with Crippen LogP contribution in [-0.4, -0.2) is 63.6 Å². The summed E-state index contributed by atoms with van der Waals surface area (Å²) in [6.45, 7) is 6.82. The maximum absolute atomic E-state index is 5.76. The zero-order chi connectivity index (χ0) is 18.5. The van der Waals surface area contributed by atoms with Gasteiger partial charge >= 0.3 is 0 Å². The molecule has 1 aliphatic carbocycles. The number of rotatable bonds is 6. The van der Waals surface area contributed by atoms with Crippen LogP contribution in [0.2, 0.25) is 0 Å². The smallest absolute Gasteiger partial charge is 0.203 e. The summed E-state index contributed by atoms with van der Waals surface area (Å²) < 4.78 is 22.6. The van der Waals surface area contributed by atoms with Gasteiger partial charge in [0.25, 0.3) is 0 Å². The highest BCUT2D eigenvalue weighted by atomic mass is 16.6. The fourth-order valence-electron chi connectivity index (χ4n) is 4.72. The molecule has 27 heavy (non-hydrogen) atoms. The van der Waals surface area contributed by atoms with Crippen LogP contribution in [-0.2, 0) is 11.3 Å². The van der Waals surface area contributed by atoms with Crippen LogP contribution in [0.3, 0.4) is 0 Å². The number of fused-ring (bicyclic) bond motifs is 1. The fraction of sp³-hybridized carbons (Fsp3) is 0.714. The van der Waals surface area contributed by atoms with Crippen LogP contribution >= 0.6 is 0 Å². The van der Waals surface area contributed by atoms with Crippen LogP contribution in [0, 0.1) is 0 Å². The summed E-state index contributed by atoms with van der Waals surface area (Å²) in [6, 6.07) is 4.13. The van der Waals surface area contributed by atoms with Crippen molar-refractivity contribution in [2.75, 3.05) is 53.2 Å². The third-order valence-electron chi connectivity index (χ3n) is 6.14. The first-order chi connectivity index (χ1) is 13.3. The Morgan fingerprint density at radius 3 is 2.59 bits per heavy atom. The third-order valence-corrected chi connectivity index (χ3v) is 6.14. The number of methoxy groups -OCH3 is 1. The van der Waals surface area contributed by atoms with Crippen molar-refractivity contribution in [1.82, 2.24) is 10.2 Å². The van der Waals surface area contributed by atoms with E-state index < -0.39 is 0 Å². The Morgan fingerprint density at radius 2 is 1.81 bits per heavy atom. The van der Waals surface area contributed by atoms with E-state index in [-0.39, 0.29) is 5.54 Å². The quantitative estimate of drug-likeness (QED) is 0.824. The highest BCUT2D eigenvalue weighted by Gasteiger charge is 2.38. The van der Waals surface area contributed by atoms with Crippen LogP contribution in [0.15, 0.2) is 12.1 Å². The van der Waals surface area contributed by atoms with Gasteiger partial charge in [0.15, 0.2) is 11.5 Å². The molecule has 1 aromatic rings. The monoisotopic (exact) mass is 376 g/mol. The lowest BCUT2D eigenvalue weighted by Gasteiger charge is -2.48. The predicted molar refractivity (Wildman–Crippen MR) is 104 cm³/mol. The predicted octanol–water partition coefficient (Wildman–Crippen LogP) is 2.59. The summed E-state index contributed by atoms with van der Waals surface area (Å²) in [7, 11) is 1.68. The molecule has 1 saturated heterocycles. The Bertz CT molecular complexity index is 608. The number of nitrogens with zero attached hydrogens (tertiary/aromatic N) is 1. The van der Waals surface area contributed by atoms with Crippen molar-refractivity contribution < 1.29 is 18.9 Å². The van der Waals surface area contributed by atoms with Gasteiger partial charge in [0, 0.05) is 31.7 Å². The lowest BCUT2D eigenvalue weighted by Crippen LogP contribution is -2.59. The van der Waals surface area contributed by atoms with E-state index in [1.54, 1.807) is 7.11 Å². The molecule has 0 radical (unpaired) electrons. The minimum absolute atomic E-state index is 0.278. The van der Waals surface area contributed by atoms with E-state index in [1.807, 2.05) is 0 Å². The zero-order valence-electron chi connectivity index (χ0n) is 16.4. The molecule has 4 rings (SSSR count). The van der Waals surface area contributed by atoms with Crippen molar-refractivity contribution in [3.05, 3.63) is 17.7 Å². The van der Waals surface area contributed by atoms with Crippen LogP contribution in [0.25, 0.3) is 0 Å². The fourth-order valence-corrected chi connectivity index (χ4v) is 4.72. The molecule has 2 fully saturated rings. The molecule has 0 bridgehead atoms. The van der Waals surface area contributed by atoms with E-state index in [2.05, 4.69) is 22.3 Å². The molecule has 1 N–H and O–H groups in total. The number of hydrogen-bond donors (Lipinski definition) is 1. The highest BCUT2D eigenvalue weighted by Crippen LogP contribution is 2.40. The number of ether oxygens (including phenoxy) is 4. The lowest BCUT2D eigenvalue weighted by molar-refractivity contribution is -0.0369. The van der Waals surface area contributed by atoms with Crippen molar-refractivity contribution in [1.29, 1.82) is 0 Å². The maximum Gasteiger partial charge on any atom is 0.203 e. The number of benzene rings is 1. The van der Waals surface area contributed by atoms with Gasteiger partial charge in [-0.2, -0.15) is 0 Å². The molecule has 2 aliphatic heterocycles. The first kappa shape index (κ1) is 18.8. The van der Waals surface area contributed by atoms with Crippen molar-refractivity contribution in [2.24, 2.45) is 0 Å². The molecule has 1 aromatic carbocycles. The van der Waals surface area contributed by atoms with Crippen LogP contribution in [0.1, 0.15) is 37.7 Å². The Labute approximate surface area is 162 Å². The zero-order valence-corrected chi connectivity index (χ0v) is 16.4. The van der Waals surface area contributed by atoms with Crippen molar-refractivity contribution in [3.63, 3.8) is 0 Å². The molecule has 150 valence electrons. The van der Waals surface area contributed by atoms with Crippen LogP contribution in [0.4, 0.5) is 0 Å². The molecule has 0 aromatic heterocycles. The Hall–Kier alpha value is -1.50. The first-order valence-electron chi connectivity index (χ1n) is 10.3. The third kappa shape index (κ3) is 4.18. The summed E-state index contributed by atoms with van der Waals surface area (Å²) in [4.78, 5) is 2.67. The van der Waals surface area contributed by atoms with Gasteiger partial charge in [-0.05, 0) is 30.5 Å². The molecule has 6 heteroatoms. The summed E-state index contributed by atoms with van der Waals surface area (Å²) in [5, 5.41) is 3.73. The van der Waals surface area contributed by atoms with Gasteiger partial charge in [-0.1, -0.05) is 19.3 Å². The van der Waals surface area contributed by atoms with Gasteiger partial charge in [0.1, 0.15) is 13.2 Å². The summed E-state index contributed by atoms with van der Waals surface area (Å²) in [6.07, 6.45) is 6.59. The molecule has 0 spiro atoms. The van der Waals surface area contributed by atoms with Crippen molar-refractivity contribution >= 4 is 0 Å². The summed E-state index contributed by atoms with van der Waals surface area (Å²) >= 11 is 0. The van der Waals surface area contributed by atoms with Gasteiger partial charge in [-0.3, -0.25) is 4.90 Å². The van der Waals surface area contributed by atoms with Gasteiger partial charge in [-0.15, -0.1) is 0 Å². The second-order valence-electron chi connectivity index (χ2n) is 7.81. The van der Waals surface area contributed by atoms with Gasteiger partial charge < -0.3 is 24.3 Å². The van der Waals surface area contributed by atoms with E-state index in [1.165, 1.54) is 37.7 Å². The van der Waals surface area contributed by atoms with E-state index in [0.717, 1.165) is 56.6 Å². The summed E-state index contributed by atoms with van der Waals surface area (Å²) in [5.74, 6) is 2.27. The molecule has 0 atom stereocenters. The largest absolute Gasteiger partial charge is 0.493 e. The summed E-state index contributed by atoms with van der Waals surface area (Å²) in [5.41, 5.74) is 1.45. The maximum atomic E-state index is 5.76. The van der Waals surface area contributed by atoms with E-state index in [4.69, 9.17) is 18.9 Å². The highest BCUT2D eigenvalue weighted by molar-refractivity contribution is 5.54. The van der Waals surface area contributed by atoms with E-state index in [0.29, 0.717) is 13.2 Å². The molecule has 1 saturated carbocycles. The molecule has 2 heterocycles. The number of hydrogen-bond acceptors (Lipinski definition) is 6. The minimum atomic E-state index is 0.278. The van der Waals surface area contributed by atoms with Gasteiger partial charge in [-0.25, -0.2) is 0 Å². The average Bonchev–Trinajstić information content (AvgIpc) is 2.74. The van der Waals surface area contributed by atoms with E-state index in [9.17, 15) is 0 Å².